The van der Waals surface area contributed by atoms with Crippen molar-refractivity contribution in [3.05, 3.63) is 40.1 Å². The summed E-state index contributed by atoms with van der Waals surface area (Å²) in [5.41, 5.74) is 2.45. The number of aryl methyl sites for hydroxylation is 2. The molecular formula is C13H16N4OS. The zero-order valence-electron chi connectivity index (χ0n) is 11.1. The van der Waals surface area contributed by atoms with E-state index in [1.54, 1.807) is 6.20 Å². The molecule has 100 valence electrons. The summed E-state index contributed by atoms with van der Waals surface area (Å²) in [6, 6.07) is 3.35. The van der Waals surface area contributed by atoms with Gasteiger partial charge in [-0.05, 0) is 32.9 Å². The molecule has 0 aliphatic heterocycles. The summed E-state index contributed by atoms with van der Waals surface area (Å²) in [5, 5.41) is 8.41. The van der Waals surface area contributed by atoms with E-state index in [1.165, 1.54) is 11.3 Å². The lowest BCUT2D eigenvalue weighted by atomic mass is 10.3. The van der Waals surface area contributed by atoms with Crippen molar-refractivity contribution >= 4 is 23.1 Å². The van der Waals surface area contributed by atoms with Gasteiger partial charge in [0.25, 0.3) is 0 Å². The van der Waals surface area contributed by atoms with Gasteiger partial charge in [0.15, 0.2) is 0 Å². The van der Waals surface area contributed by atoms with Crippen molar-refractivity contribution in [2.24, 2.45) is 0 Å². The van der Waals surface area contributed by atoms with Gasteiger partial charge in [-0.3, -0.25) is 4.98 Å². The number of amides is 2. The van der Waals surface area contributed by atoms with Crippen LogP contribution in [0.3, 0.4) is 0 Å². The Labute approximate surface area is 116 Å². The van der Waals surface area contributed by atoms with Gasteiger partial charge >= 0.3 is 6.03 Å². The summed E-state index contributed by atoms with van der Waals surface area (Å²) >= 11 is 1.52. The number of rotatable bonds is 3. The van der Waals surface area contributed by atoms with Crippen LogP contribution in [-0.2, 0) is 0 Å². The number of aromatic nitrogens is 2. The van der Waals surface area contributed by atoms with Crippen molar-refractivity contribution in [2.45, 2.75) is 26.8 Å². The lowest BCUT2D eigenvalue weighted by molar-refractivity contribution is 0.249. The van der Waals surface area contributed by atoms with Crippen LogP contribution >= 0.6 is 11.3 Å². The standard InChI is InChI=1S/C13H16N4OS/c1-8-4-5-11(9(2)15-8)17-13(18)16-10(3)12-14-6-7-19-12/h4-7,10H,1-3H3,(H2,16,17,18)/t10-/m1/s1. The largest absolute Gasteiger partial charge is 0.329 e. The van der Waals surface area contributed by atoms with E-state index in [1.807, 2.05) is 38.3 Å². The zero-order valence-corrected chi connectivity index (χ0v) is 11.9. The average molecular weight is 276 g/mol. The summed E-state index contributed by atoms with van der Waals surface area (Å²) in [7, 11) is 0. The third-order valence-electron chi connectivity index (χ3n) is 2.64. The van der Waals surface area contributed by atoms with Crippen LogP contribution in [0.4, 0.5) is 10.5 Å². The predicted molar refractivity (Wildman–Crippen MR) is 76.4 cm³/mol. The van der Waals surface area contributed by atoms with Gasteiger partial charge in [-0.25, -0.2) is 9.78 Å². The summed E-state index contributed by atoms with van der Waals surface area (Å²) in [6.07, 6.45) is 1.73. The molecule has 19 heavy (non-hydrogen) atoms. The summed E-state index contributed by atoms with van der Waals surface area (Å²) < 4.78 is 0. The van der Waals surface area contributed by atoms with E-state index in [2.05, 4.69) is 20.6 Å². The van der Waals surface area contributed by atoms with Gasteiger partial charge in [-0.15, -0.1) is 11.3 Å². The first-order valence-electron chi connectivity index (χ1n) is 5.97. The number of hydrogen-bond donors (Lipinski definition) is 2. The molecule has 0 spiro atoms. The number of carbonyl (C=O) groups excluding carboxylic acids is 1. The number of nitrogens with one attached hydrogen (secondary N) is 2. The molecule has 2 rings (SSSR count). The number of carbonyl (C=O) groups is 1. The van der Waals surface area contributed by atoms with Gasteiger partial charge < -0.3 is 10.6 Å². The molecule has 6 heteroatoms. The monoisotopic (exact) mass is 276 g/mol. The maximum atomic E-state index is 11.9. The molecule has 0 aliphatic carbocycles. The Morgan fingerprint density at radius 1 is 1.37 bits per heavy atom. The second-order valence-electron chi connectivity index (χ2n) is 4.28. The van der Waals surface area contributed by atoms with Crippen LogP contribution < -0.4 is 10.6 Å². The Kier molecular flexibility index (Phi) is 4.11. The highest BCUT2D eigenvalue weighted by Crippen LogP contribution is 2.16. The third-order valence-corrected chi connectivity index (χ3v) is 3.60. The zero-order chi connectivity index (χ0) is 13.8. The summed E-state index contributed by atoms with van der Waals surface area (Å²) in [6.45, 7) is 5.69. The smallest absolute Gasteiger partial charge is 0.319 e. The van der Waals surface area contributed by atoms with E-state index in [0.29, 0.717) is 0 Å². The van der Waals surface area contributed by atoms with E-state index in [4.69, 9.17) is 0 Å². The number of thiazole rings is 1. The van der Waals surface area contributed by atoms with Crippen LogP contribution in [0.25, 0.3) is 0 Å². The number of nitrogens with zero attached hydrogens (tertiary/aromatic N) is 2. The van der Waals surface area contributed by atoms with Crippen LogP contribution in [0.2, 0.25) is 0 Å². The predicted octanol–water partition coefficient (Wildman–Crippen LogP) is 3.04. The Hall–Kier alpha value is -1.95. The molecule has 2 amide bonds. The lowest BCUT2D eigenvalue weighted by Gasteiger charge is -2.13. The molecule has 0 saturated heterocycles. The molecule has 0 fully saturated rings. The topological polar surface area (TPSA) is 66.9 Å². The van der Waals surface area contributed by atoms with Gasteiger partial charge in [0.1, 0.15) is 5.01 Å². The third kappa shape index (κ3) is 3.51. The Morgan fingerprint density at radius 2 is 2.16 bits per heavy atom. The van der Waals surface area contributed by atoms with Crippen LogP contribution in [0.1, 0.15) is 29.4 Å². The maximum Gasteiger partial charge on any atom is 0.319 e. The van der Waals surface area contributed by atoms with Crippen molar-refractivity contribution in [2.75, 3.05) is 5.32 Å². The highest BCUT2D eigenvalue weighted by atomic mass is 32.1. The number of pyridine rings is 1. The highest BCUT2D eigenvalue weighted by Gasteiger charge is 2.12. The quantitative estimate of drug-likeness (QED) is 0.905. The first-order valence-corrected chi connectivity index (χ1v) is 6.85. The van der Waals surface area contributed by atoms with E-state index in [0.717, 1.165) is 22.1 Å². The maximum absolute atomic E-state index is 11.9. The van der Waals surface area contributed by atoms with Gasteiger partial charge in [0, 0.05) is 17.3 Å². The molecular weight excluding hydrogens is 260 g/mol. The molecule has 2 aromatic heterocycles. The molecule has 0 aromatic carbocycles. The fraction of sp³-hybridized carbons (Fsp3) is 0.308. The Balaban J connectivity index is 1.98. The molecule has 0 bridgehead atoms. The summed E-state index contributed by atoms with van der Waals surface area (Å²) in [5.74, 6) is 0. The minimum Gasteiger partial charge on any atom is -0.329 e. The molecule has 1 atom stereocenters. The molecule has 2 heterocycles. The van der Waals surface area contributed by atoms with Gasteiger partial charge in [-0.2, -0.15) is 0 Å². The fourth-order valence-electron chi connectivity index (χ4n) is 1.68. The van der Waals surface area contributed by atoms with E-state index in [-0.39, 0.29) is 12.1 Å². The second kappa shape index (κ2) is 5.79. The molecule has 0 aliphatic rings. The van der Waals surface area contributed by atoms with Crippen molar-refractivity contribution < 1.29 is 4.79 Å². The molecule has 0 unspecified atom stereocenters. The van der Waals surface area contributed by atoms with Gasteiger partial charge in [0.2, 0.25) is 0 Å². The number of hydrogen-bond acceptors (Lipinski definition) is 4. The minimum absolute atomic E-state index is 0.112. The number of urea groups is 1. The molecule has 0 saturated carbocycles. The molecule has 2 N–H and O–H groups in total. The van der Waals surface area contributed by atoms with E-state index >= 15 is 0 Å². The Morgan fingerprint density at radius 3 is 2.79 bits per heavy atom. The minimum atomic E-state index is -0.253. The van der Waals surface area contributed by atoms with E-state index in [9.17, 15) is 4.79 Å². The van der Waals surface area contributed by atoms with Crippen molar-refractivity contribution in [3.63, 3.8) is 0 Å². The molecule has 2 aromatic rings. The first-order chi connectivity index (χ1) is 9.06. The fourth-order valence-corrected chi connectivity index (χ4v) is 2.33. The number of anilines is 1. The average Bonchev–Trinajstić information content (AvgIpc) is 2.86. The van der Waals surface area contributed by atoms with Crippen LogP contribution in [0.15, 0.2) is 23.7 Å². The normalized spacial score (nSPS) is 11.9. The van der Waals surface area contributed by atoms with Crippen LogP contribution in [0, 0.1) is 13.8 Å². The Bertz CT molecular complexity index is 568. The van der Waals surface area contributed by atoms with Gasteiger partial charge in [-0.1, -0.05) is 0 Å². The van der Waals surface area contributed by atoms with Crippen molar-refractivity contribution in [3.8, 4) is 0 Å². The SMILES string of the molecule is Cc1ccc(NC(=O)N[C@H](C)c2nccs2)c(C)n1. The highest BCUT2D eigenvalue weighted by molar-refractivity contribution is 7.09. The van der Waals surface area contributed by atoms with Crippen molar-refractivity contribution in [1.82, 2.24) is 15.3 Å². The molecule has 0 radical (unpaired) electrons. The van der Waals surface area contributed by atoms with Crippen LogP contribution in [0.5, 0.6) is 0 Å². The first kappa shape index (κ1) is 13.5. The lowest BCUT2D eigenvalue weighted by Crippen LogP contribution is -2.31. The summed E-state index contributed by atoms with van der Waals surface area (Å²) in [4.78, 5) is 20.4. The van der Waals surface area contributed by atoms with Crippen LogP contribution in [-0.4, -0.2) is 16.0 Å². The van der Waals surface area contributed by atoms with Gasteiger partial charge in [0.05, 0.1) is 17.4 Å². The van der Waals surface area contributed by atoms with Crippen molar-refractivity contribution in [1.29, 1.82) is 0 Å². The molecule has 5 nitrogen and oxygen atoms in total. The second-order valence-corrected chi connectivity index (χ2v) is 5.20. The van der Waals surface area contributed by atoms with E-state index < -0.39 is 0 Å².